The van der Waals surface area contributed by atoms with Crippen LogP contribution in [0, 0.1) is 0 Å². The lowest BCUT2D eigenvalue weighted by Gasteiger charge is -2.01. The first-order valence-corrected chi connectivity index (χ1v) is 4.25. The third-order valence-corrected chi connectivity index (χ3v) is 1.56. The fourth-order valence-electron chi connectivity index (χ4n) is 0.0745. The number of nitrogens with two attached hydrogens (primary N) is 1. The summed E-state index contributed by atoms with van der Waals surface area (Å²) in [5.74, 6) is -0.968. The molecular weight excluding hydrogens is 189 g/mol. The predicted molar refractivity (Wildman–Crippen MR) is 40.5 cm³/mol. The molecule has 0 atom stereocenters. The van der Waals surface area contributed by atoms with Crippen LogP contribution >= 0.6 is 7.82 Å². The van der Waals surface area contributed by atoms with Gasteiger partial charge in [-0.15, -0.1) is 0 Å². The highest BCUT2D eigenvalue weighted by atomic mass is 31.2. The smallest absolute Gasteiger partial charge is 0.471 e. The summed E-state index contributed by atoms with van der Waals surface area (Å²) >= 11 is 0. The van der Waals surface area contributed by atoms with Crippen LogP contribution in [0.5, 0.6) is 0 Å². The van der Waals surface area contributed by atoms with Gasteiger partial charge in [0.1, 0.15) is 0 Å². The molecule has 0 saturated heterocycles. The van der Waals surface area contributed by atoms with Gasteiger partial charge in [0.2, 0.25) is 0 Å². The van der Waals surface area contributed by atoms with Crippen molar-refractivity contribution in [3.8, 4) is 0 Å². The Bertz CT molecular complexity index is 163. The van der Waals surface area contributed by atoms with Gasteiger partial charge in [-0.05, 0) is 0 Å². The van der Waals surface area contributed by atoms with Crippen molar-refractivity contribution in [3.63, 3.8) is 0 Å². The van der Waals surface area contributed by atoms with E-state index in [1.807, 2.05) is 0 Å². The first-order chi connectivity index (χ1) is 5.39. The summed E-state index contributed by atoms with van der Waals surface area (Å²) < 4.78 is 18.0. The molecule has 0 aliphatic rings. The molecule has 74 valence electrons. The number of hydrogen-bond acceptors (Lipinski definition) is 5. The Kier molecular flexibility index (Phi) is 8.46. The molecule has 12 heavy (non-hydrogen) atoms. The Balaban J connectivity index is 0. The number of hydrogen-bond donors (Lipinski definition) is 3. The van der Waals surface area contributed by atoms with Crippen LogP contribution in [-0.2, 0) is 18.4 Å². The molecule has 0 aromatic carbocycles. The van der Waals surface area contributed by atoms with Gasteiger partial charge in [0.25, 0.3) is 0 Å². The van der Waals surface area contributed by atoms with Gasteiger partial charge in [0.15, 0.2) is 0 Å². The predicted octanol–water partition coefficient (Wildman–Crippen LogP) is -0.591. The lowest BCUT2D eigenvalue weighted by Crippen LogP contribution is -2.10. The third kappa shape index (κ3) is 12.2. The van der Waals surface area contributed by atoms with E-state index in [-0.39, 0.29) is 6.54 Å². The summed E-state index contributed by atoms with van der Waals surface area (Å²) in [7, 11) is -1.45. The maximum atomic E-state index is 10.1. The van der Waals surface area contributed by atoms with Gasteiger partial charge in [-0.2, -0.15) is 0 Å². The van der Waals surface area contributed by atoms with Crippen LogP contribution in [0.3, 0.4) is 0 Å². The standard InChI is InChI=1S/C2H5NO2.C2H7O4P/c3-1-2(4)5;1-5-7(3,4)6-2/h1,3H2,(H,4,5);1-2H3,(H,3,4). The average Bonchev–Trinajstić information content (AvgIpc) is 2.05. The van der Waals surface area contributed by atoms with Crippen molar-refractivity contribution in [2.24, 2.45) is 5.73 Å². The van der Waals surface area contributed by atoms with E-state index in [9.17, 15) is 9.36 Å². The van der Waals surface area contributed by atoms with E-state index in [1.165, 1.54) is 0 Å². The van der Waals surface area contributed by atoms with E-state index in [2.05, 4.69) is 14.8 Å². The topological polar surface area (TPSA) is 119 Å². The molecule has 7 nitrogen and oxygen atoms in total. The Morgan fingerprint density at radius 3 is 1.75 bits per heavy atom. The van der Waals surface area contributed by atoms with Crippen molar-refractivity contribution in [2.75, 3.05) is 20.8 Å². The van der Waals surface area contributed by atoms with Crippen LogP contribution in [0.25, 0.3) is 0 Å². The third-order valence-electron chi connectivity index (χ3n) is 0.636. The van der Waals surface area contributed by atoms with Crippen LogP contribution in [-0.4, -0.2) is 36.7 Å². The monoisotopic (exact) mass is 201 g/mol. The Labute approximate surface area is 69.7 Å². The molecule has 0 aromatic heterocycles. The molecule has 0 aromatic rings. The minimum atomic E-state index is -3.65. The summed E-state index contributed by atoms with van der Waals surface area (Å²) in [6.07, 6.45) is 0. The van der Waals surface area contributed by atoms with Crippen LogP contribution < -0.4 is 5.73 Å². The molecule has 0 radical (unpaired) electrons. The molecule has 0 aliphatic heterocycles. The summed E-state index contributed by atoms with van der Waals surface area (Å²) in [6, 6.07) is 0. The van der Waals surface area contributed by atoms with E-state index in [0.29, 0.717) is 0 Å². The van der Waals surface area contributed by atoms with Crippen LogP contribution in [0.1, 0.15) is 0 Å². The van der Waals surface area contributed by atoms with Crippen LogP contribution in [0.4, 0.5) is 0 Å². The number of phosphoric ester groups is 1. The molecule has 0 rings (SSSR count). The minimum absolute atomic E-state index is 0.278. The number of carbonyl (C=O) groups is 1. The number of carboxylic acids is 1. The van der Waals surface area contributed by atoms with Crippen molar-refractivity contribution in [2.45, 2.75) is 0 Å². The second kappa shape index (κ2) is 7.20. The molecule has 0 amide bonds. The molecule has 0 bridgehead atoms. The zero-order valence-electron chi connectivity index (χ0n) is 6.76. The van der Waals surface area contributed by atoms with Gasteiger partial charge < -0.3 is 15.7 Å². The molecule has 0 aliphatic carbocycles. The fourth-order valence-corrected chi connectivity index (χ4v) is 0.224. The zero-order chi connectivity index (χ0) is 10.2. The van der Waals surface area contributed by atoms with Gasteiger partial charge in [-0.3, -0.25) is 13.8 Å². The lowest BCUT2D eigenvalue weighted by molar-refractivity contribution is -0.135. The van der Waals surface area contributed by atoms with E-state index in [4.69, 9.17) is 10.00 Å². The normalized spacial score (nSPS) is 10.0. The van der Waals surface area contributed by atoms with Crippen molar-refractivity contribution >= 4 is 13.8 Å². The Hall–Kier alpha value is -0.460. The SMILES string of the molecule is COP(=O)(O)OC.NCC(=O)O. The molecule has 4 N–H and O–H groups in total. The van der Waals surface area contributed by atoms with E-state index < -0.39 is 13.8 Å². The largest absolute Gasteiger partial charge is 0.480 e. The highest BCUT2D eigenvalue weighted by molar-refractivity contribution is 7.47. The highest BCUT2D eigenvalue weighted by Gasteiger charge is 2.13. The minimum Gasteiger partial charge on any atom is -0.480 e. The Morgan fingerprint density at radius 1 is 1.50 bits per heavy atom. The van der Waals surface area contributed by atoms with Crippen molar-refractivity contribution in [3.05, 3.63) is 0 Å². The zero-order valence-corrected chi connectivity index (χ0v) is 7.65. The van der Waals surface area contributed by atoms with E-state index >= 15 is 0 Å². The van der Waals surface area contributed by atoms with Crippen LogP contribution in [0.2, 0.25) is 0 Å². The first-order valence-electron chi connectivity index (χ1n) is 2.75. The van der Waals surface area contributed by atoms with E-state index in [1.54, 1.807) is 0 Å². The van der Waals surface area contributed by atoms with Gasteiger partial charge in [-0.25, -0.2) is 4.57 Å². The lowest BCUT2D eigenvalue weighted by atomic mass is 10.7. The van der Waals surface area contributed by atoms with Crippen molar-refractivity contribution in [1.82, 2.24) is 0 Å². The molecule has 8 heteroatoms. The molecule has 0 saturated carbocycles. The van der Waals surface area contributed by atoms with Crippen molar-refractivity contribution in [1.29, 1.82) is 0 Å². The number of carboxylic acid groups (broad SMARTS) is 1. The molecule has 0 heterocycles. The fraction of sp³-hybridized carbons (Fsp3) is 0.750. The highest BCUT2D eigenvalue weighted by Crippen LogP contribution is 2.40. The first kappa shape index (κ1) is 14.1. The maximum Gasteiger partial charge on any atom is 0.471 e. The number of phosphoric acid groups is 1. The van der Waals surface area contributed by atoms with Gasteiger partial charge in [0.05, 0.1) is 6.54 Å². The summed E-state index contributed by atoms with van der Waals surface area (Å²) in [5.41, 5.74) is 4.57. The number of aliphatic carboxylic acids is 1. The van der Waals surface area contributed by atoms with E-state index in [0.717, 1.165) is 14.2 Å². The van der Waals surface area contributed by atoms with Gasteiger partial charge >= 0.3 is 13.8 Å². The van der Waals surface area contributed by atoms with Gasteiger partial charge in [0, 0.05) is 14.2 Å². The summed E-state index contributed by atoms with van der Waals surface area (Å²) in [4.78, 5) is 17.5. The molecule has 0 unspecified atom stereocenters. The molecular formula is C4H12NO6P. The number of rotatable bonds is 3. The average molecular weight is 201 g/mol. The summed E-state index contributed by atoms with van der Waals surface area (Å²) in [5, 5.41) is 7.60. The second-order valence-electron chi connectivity index (χ2n) is 1.43. The Morgan fingerprint density at radius 2 is 1.75 bits per heavy atom. The van der Waals surface area contributed by atoms with Crippen molar-refractivity contribution < 1.29 is 28.4 Å². The quantitative estimate of drug-likeness (QED) is 0.522. The maximum absolute atomic E-state index is 10.1. The van der Waals surface area contributed by atoms with Crippen LogP contribution in [0.15, 0.2) is 0 Å². The van der Waals surface area contributed by atoms with Gasteiger partial charge in [-0.1, -0.05) is 0 Å². The molecule has 0 fully saturated rings. The summed E-state index contributed by atoms with van der Waals surface area (Å²) in [6.45, 7) is -0.278. The second-order valence-corrected chi connectivity index (χ2v) is 3.10. The molecule has 0 spiro atoms.